The molecule has 43 heavy (non-hydrogen) atoms. The number of rotatable bonds is 8. The lowest BCUT2D eigenvalue weighted by atomic mass is 9.92. The normalized spacial score (nSPS) is 17.8. The van der Waals surface area contributed by atoms with Crippen LogP contribution in [0.5, 0.6) is 5.88 Å². The van der Waals surface area contributed by atoms with Crippen molar-refractivity contribution >= 4 is 27.8 Å². The molecule has 1 fully saturated rings. The highest BCUT2D eigenvalue weighted by molar-refractivity contribution is 6.06. The van der Waals surface area contributed by atoms with Gasteiger partial charge in [0.1, 0.15) is 17.1 Å². The van der Waals surface area contributed by atoms with Gasteiger partial charge in [0, 0.05) is 30.1 Å². The number of likely N-dealkylation sites (tertiary alicyclic amines) is 1. The Morgan fingerprint density at radius 3 is 2.74 bits per heavy atom. The molecule has 0 aliphatic carbocycles. The number of pyridine rings is 1. The summed E-state index contributed by atoms with van der Waals surface area (Å²) < 4.78 is 24.9. The van der Waals surface area contributed by atoms with Crippen molar-refractivity contribution in [3.63, 3.8) is 0 Å². The van der Waals surface area contributed by atoms with E-state index in [0.717, 1.165) is 22.3 Å². The maximum absolute atomic E-state index is 16.7. The molecular weight excluding hydrogens is 545 g/mol. The molecule has 2 aromatic heterocycles. The van der Waals surface area contributed by atoms with Gasteiger partial charge < -0.3 is 14.5 Å². The number of likely N-dealkylation sites (N-methyl/N-ethyl adjacent to an activating group) is 1. The Morgan fingerprint density at radius 2 is 2.05 bits per heavy atom. The summed E-state index contributed by atoms with van der Waals surface area (Å²) in [5, 5.41) is 19.2. The monoisotopic (exact) mass is 583 g/mol. The molecule has 4 aromatic rings. The van der Waals surface area contributed by atoms with Gasteiger partial charge >= 0.3 is 0 Å². The molecule has 0 saturated carbocycles. The number of halogens is 1. The predicted molar refractivity (Wildman–Crippen MR) is 165 cm³/mol. The highest BCUT2D eigenvalue weighted by Gasteiger charge is 2.34. The molecule has 3 heterocycles. The van der Waals surface area contributed by atoms with Crippen molar-refractivity contribution < 1.29 is 13.9 Å². The number of hydrogen-bond acceptors (Lipinski definition) is 7. The number of nitriles is 1. The van der Waals surface area contributed by atoms with Crippen molar-refractivity contribution in [3.05, 3.63) is 59.4 Å². The number of carbonyl (C=O) groups excluding carboxylic acids is 1. The van der Waals surface area contributed by atoms with Crippen LogP contribution in [-0.2, 0) is 4.79 Å². The van der Waals surface area contributed by atoms with Crippen molar-refractivity contribution in [2.75, 3.05) is 27.2 Å². The van der Waals surface area contributed by atoms with Crippen LogP contribution in [0, 0.1) is 37.9 Å². The molecule has 0 N–H and O–H groups in total. The van der Waals surface area contributed by atoms with Crippen LogP contribution in [0.2, 0.25) is 0 Å². The third kappa shape index (κ3) is 5.57. The molecule has 5 rings (SSSR count). The molecule has 3 atom stereocenters. The molecule has 0 spiro atoms. The second-order valence-electron chi connectivity index (χ2n) is 11.8. The Hall–Kier alpha value is -4.36. The van der Waals surface area contributed by atoms with Crippen LogP contribution in [0.15, 0.2) is 36.9 Å². The molecule has 1 aliphatic heterocycles. The minimum absolute atomic E-state index is 0.170. The second kappa shape index (κ2) is 12.1. The number of carbonyl (C=O) groups is 1. The van der Waals surface area contributed by atoms with Gasteiger partial charge in [-0.3, -0.25) is 4.79 Å². The van der Waals surface area contributed by atoms with Gasteiger partial charge in [-0.15, -0.1) is 5.10 Å². The number of benzene rings is 2. The Morgan fingerprint density at radius 1 is 1.28 bits per heavy atom. The van der Waals surface area contributed by atoms with Gasteiger partial charge in [0.2, 0.25) is 11.8 Å². The first-order chi connectivity index (χ1) is 20.5. The summed E-state index contributed by atoms with van der Waals surface area (Å²) in [7, 11) is 3.92. The molecule has 10 heteroatoms. The number of ether oxygens (including phenoxy) is 1. The second-order valence-corrected chi connectivity index (χ2v) is 11.8. The number of aromatic nitrogens is 4. The summed E-state index contributed by atoms with van der Waals surface area (Å²) >= 11 is 0. The summed E-state index contributed by atoms with van der Waals surface area (Å²) in [5.74, 6) is -0.387. The van der Waals surface area contributed by atoms with Gasteiger partial charge in [0.25, 0.3) is 0 Å². The Kier molecular flexibility index (Phi) is 8.47. The van der Waals surface area contributed by atoms with E-state index in [0.29, 0.717) is 47.9 Å². The molecular formula is C33H38FN7O2. The Balaban J connectivity index is 1.72. The molecule has 1 saturated heterocycles. The van der Waals surface area contributed by atoms with Crippen molar-refractivity contribution in [1.29, 1.82) is 5.26 Å². The summed E-state index contributed by atoms with van der Waals surface area (Å²) in [4.78, 5) is 21.0. The summed E-state index contributed by atoms with van der Waals surface area (Å²) in [6, 6.07) is 9.60. The summed E-state index contributed by atoms with van der Waals surface area (Å²) in [5.41, 5.74) is 5.49. The lowest BCUT2D eigenvalue weighted by molar-refractivity contribution is -0.130. The van der Waals surface area contributed by atoms with Crippen molar-refractivity contribution in [2.24, 2.45) is 0 Å². The van der Waals surface area contributed by atoms with Crippen molar-refractivity contribution in [2.45, 2.75) is 65.1 Å². The average molecular weight is 584 g/mol. The molecule has 0 unspecified atom stereocenters. The number of fused-ring (bicyclic) bond motifs is 3. The first-order valence-corrected chi connectivity index (χ1v) is 14.6. The quantitative estimate of drug-likeness (QED) is 0.246. The molecule has 2 aromatic carbocycles. The van der Waals surface area contributed by atoms with Gasteiger partial charge in [0.05, 0.1) is 18.5 Å². The van der Waals surface area contributed by atoms with Crippen molar-refractivity contribution in [1.82, 2.24) is 29.8 Å². The van der Waals surface area contributed by atoms with E-state index < -0.39 is 5.82 Å². The maximum Gasteiger partial charge on any atom is 0.246 e. The maximum atomic E-state index is 16.7. The molecule has 1 aliphatic rings. The van der Waals surface area contributed by atoms with Crippen LogP contribution in [0.4, 0.5) is 4.39 Å². The smallest absolute Gasteiger partial charge is 0.246 e. The van der Waals surface area contributed by atoms with E-state index in [-0.39, 0.29) is 41.9 Å². The van der Waals surface area contributed by atoms with Crippen LogP contribution in [0.25, 0.3) is 33.1 Å². The molecule has 0 radical (unpaired) electrons. The molecule has 1 amide bonds. The topological polar surface area (TPSA) is 100 Å². The minimum atomic E-state index is -0.419. The summed E-state index contributed by atoms with van der Waals surface area (Å²) in [6.07, 6.45) is 2.33. The van der Waals surface area contributed by atoms with Crippen molar-refractivity contribution in [3.8, 4) is 23.1 Å². The van der Waals surface area contributed by atoms with E-state index in [2.05, 4.69) is 23.0 Å². The third-order valence-electron chi connectivity index (χ3n) is 8.43. The first-order valence-electron chi connectivity index (χ1n) is 14.6. The number of hydrogen-bond donors (Lipinski definition) is 0. The van der Waals surface area contributed by atoms with Crippen LogP contribution >= 0.6 is 0 Å². The van der Waals surface area contributed by atoms with Gasteiger partial charge in [-0.05, 0) is 89.0 Å². The van der Waals surface area contributed by atoms with E-state index in [1.165, 1.54) is 6.08 Å². The zero-order valence-corrected chi connectivity index (χ0v) is 25.7. The first kappa shape index (κ1) is 30.1. The van der Waals surface area contributed by atoms with Crippen LogP contribution < -0.4 is 4.74 Å². The highest BCUT2D eigenvalue weighted by Crippen LogP contribution is 2.40. The summed E-state index contributed by atoms with van der Waals surface area (Å²) in [6.45, 7) is 12.6. The lowest BCUT2D eigenvalue weighted by Gasteiger charge is -2.38. The average Bonchev–Trinajstić information content (AvgIpc) is 3.41. The molecule has 224 valence electrons. The van der Waals surface area contributed by atoms with Gasteiger partial charge in [0.15, 0.2) is 11.3 Å². The Labute approximate surface area is 251 Å². The largest absolute Gasteiger partial charge is 0.472 e. The zero-order valence-electron chi connectivity index (χ0n) is 25.7. The van der Waals surface area contributed by atoms with Crippen LogP contribution in [0.3, 0.4) is 0 Å². The fourth-order valence-corrected chi connectivity index (χ4v) is 6.29. The molecule has 0 bridgehead atoms. The van der Waals surface area contributed by atoms with E-state index in [1.807, 2.05) is 75.6 Å². The van der Waals surface area contributed by atoms with E-state index in [4.69, 9.17) is 9.72 Å². The molecule has 9 nitrogen and oxygen atoms in total. The van der Waals surface area contributed by atoms with Gasteiger partial charge in [-0.1, -0.05) is 30.0 Å². The van der Waals surface area contributed by atoms with Crippen LogP contribution in [-0.4, -0.2) is 75.0 Å². The standard InChI is InChI=1S/C33H38FN7O2/c1-8-27(42)40-15-13-24(17-23(40)12-14-35)41-32-26-16-20(3)28(25-11-9-10-19(2)22(25)5)29(34)30(26)36-33(31(32)37-38-41)43-21(4)18-39(6)7/h8-11,16,21,23-24H,1,12-13,15,17-18H2,2-7H3/t21-,23+,24-/m0/s1. The fourth-order valence-electron chi connectivity index (χ4n) is 6.29. The highest BCUT2D eigenvalue weighted by atomic mass is 19.1. The number of aryl methyl sites for hydroxylation is 2. The fraction of sp³-hybridized carbons (Fsp3) is 0.424. The SMILES string of the molecule is C=CC(=O)N1CC[C@H](n2nnc3c(O[C@@H](C)CN(C)C)nc4c(F)c(-c5cccc(C)c5C)c(C)cc4c32)C[C@H]1CC#N. The minimum Gasteiger partial charge on any atom is -0.472 e. The Bertz CT molecular complexity index is 1760. The third-order valence-corrected chi connectivity index (χ3v) is 8.43. The number of amides is 1. The van der Waals surface area contributed by atoms with Crippen LogP contribution in [0.1, 0.15) is 48.9 Å². The van der Waals surface area contributed by atoms with E-state index in [9.17, 15) is 10.1 Å². The van der Waals surface area contributed by atoms with E-state index in [1.54, 1.807) is 4.90 Å². The number of piperidine rings is 1. The van der Waals surface area contributed by atoms with Gasteiger partial charge in [-0.2, -0.15) is 5.26 Å². The predicted octanol–water partition coefficient (Wildman–Crippen LogP) is 5.67. The number of nitrogens with zero attached hydrogens (tertiary/aromatic N) is 7. The van der Waals surface area contributed by atoms with E-state index >= 15 is 4.39 Å². The zero-order chi connectivity index (χ0) is 31.0. The van der Waals surface area contributed by atoms with Gasteiger partial charge in [-0.25, -0.2) is 14.1 Å². The lowest BCUT2D eigenvalue weighted by Crippen LogP contribution is -2.45.